The van der Waals surface area contributed by atoms with Crippen LogP contribution in [0.3, 0.4) is 0 Å². The van der Waals surface area contributed by atoms with Gasteiger partial charge in [0.25, 0.3) is 5.82 Å². The van der Waals surface area contributed by atoms with E-state index < -0.39 is 0 Å². The number of hydrogen-bond acceptors (Lipinski definition) is 2. The van der Waals surface area contributed by atoms with E-state index in [1.165, 1.54) is 4.91 Å². The van der Waals surface area contributed by atoms with Gasteiger partial charge >= 0.3 is 0 Å². The van der Waals surface area contributed by atoms with Crippen molar-refractivity contribution < 1.29 is 14.5 Å². The number of hydrogen-bond donors (Lipinski definition) is 1. The summed E-state index contributed by atoms with van der Waals surface area (Å²) in [5, 5.41) is 0. The molecule has 0 aliphatic carbocycles. The van der Waals surface area contributed by atoms with E-state index >= 15 is 0 Å². The van der Waals surface area contributed by atoms with Gasteiger partial charge in [-0.15, -0.1) is 0 Å². The predicted octanol–water partition coefficient (Wildman–Crippen LogP) is 5.71. The predicted molar refractivity (Wildman–Crippen MR) is 117 cm³/mol. The molecule has 0 saturated heterocycles. The number of aromatic nitrogens is 2. The number of H-pyrrole nitrogens is 2. The van der Waals surface area contributed by atoms with E-state index in [4.69, 9.17) is 20.5 Å². The van der Waals surface area contributed by atoms with Crippen LogP contribution in [0, 0.1) is 0 Å². The minimum atomic E-state index is 0.807. The van der Waals surface area contributed by atoms with E-state index in [1.807, 2.05) is 60.7 Å². The maximum Gasteiger partial charge on any atom is 0.289 e. The summed E-state index contributed by atoms with van der Waals surface area (Å²) in [7, 11) is 3.37. The van der Waals surface area contributed by atoms with Gasteiger partial charge < -0.3 is 20.5 Å². The lowest BCUT2D eigenvalue weighted by molar-refractivity contribution is -0.349. The number of ether oxygens (including phenoxy) is 2. The summed E-state index contributed by atoms with van der Waals surface area (Å²) >= 11 is 0. The van der Waals surface area contributed by atoms with E-state index in [1.54, 1.807) is 14.2 Å². The first-order valence-corrected chi connectivity index (χ1v) is 9.19. The fraction of sp³-hybridized carbons (Fsp3) is 0.0870. The molecule has 0 amide bonds. The minimum Gasteiger partial charge on any atom is -0.496 e. The molecule has 1 heterocycles. The van der Waals surface area contributed by atoms with Crippen molar-refractivity contribution >= 4 is 0 Å². The second-order valence-electron chi connectivity index (χ2n) is 6.23. The fourth-order valence-electron chi connectivity index (χ4n) is 3.27. The fourth-order valence-corrected chi connectivity index (χ4v) is 3.27. The van der Waals surface area contributed by atoms with Crippen molar-refractivity contribution in [3.8, 4) is 45.4 Å². The Bertz CT molecular complexity index is 1150. The normalized spacial score (nSPS) is 9.80. The van der Waals surface area contributed by atoms with Crippen LogP contribution in [0.1, 0.15) is 0 Å². The van der Waals surface area contributed by atoms with Gasteiger partial charge in [0.05, 0.1) is 19.8 Å². The van der Waals surface area contributed by atoms with Gasteiger partial charge in [-0.3, -0.25) is 4.91 Å². The number of aromatic amines is 2. The Morgan fingerprint density at radius 3 is 1.83 bits per heavy atom. The smallest absolute Gasteiger partial charge is 0.289 e. The Kier molecular flexibility index (Phi) is 6.71. The summed E-state index contributed by atoms with van der Waals surface area (Å²) in [4.78, 5) is 8.59. The molecule has 3 aromatic carbocycles. The SMILES string of the molecule is COc1ccccc1-c1[nH]c(-c2ccccc2OC)c(-c2ccccc2)[nH+]1.[N-]=[N+]=[N-]. The summed E-state index contributed by atoms with van der Waals surface area (Å²) in [6.07, 6.45) is 0. The van der Waals surface area contributed by atoms with E-state index in [0.717, 1.165) is 45.4 Å². The summed E-state index contributed by atoms with van der Waals surface area (Å²) in [6, 6.07) is 26.2. The average molecular weight is 399 g/mol. The molecule has 0 atom stereocenters. The number of para-hydroxylation sites is 2. The van der Waals surface area contributed by atoms with Gasteiger partial charge in [0.1, 0.15) is 17.1 Å². The molecule has 0 aliphatic rings. The number of nitrogens with zero attached hydrogens (tertiary/aromatic N) is 3. The van der Waals surface area contributed by atoms with E-state index in [9.17, 15) is 0 Å². The van der Waals surface area contributed by atoms with Gasteiger partial charge in [0.15, 0.2) is 11.4 Å². The maximum atomic E-state index is 6.75. The molecule has 4 aromatic rings. The molecule has 0 bridgehead atoms. The van der Waals surface area contributed by atoms with Crippen molar-refractivity contribution in [1.82, 2.24) is 4.98 Å². The van der Waals surface area contributed by atoms with Crippen molar-refractivity contribution in [3.63, 3.8) is 0 Å². The van der Waals surface area contributed by atoms with Crippen LogP contribution in [0.25, 0.3) is 49.9 Å². The van der Waals surface area contributed by atoms with Crippen LogP contribution in [-0.2, 0) is 0 Å². The molecule has 0 radical (unpaired) electrons. The number of benzene rings is 3. The largest absolute Gasteiger partial charge is 0.496 e. The van der Waals surface area contributed by atoms with Gasteiger partial charge in [0, 0.05) is 5.56 Å². The zero-order valence-corrected chi connectivity index (χ0v) is 16.7. The third-order valence-corrected chi connectivity index (χ3v) is 4.57. The Morgan fingerprint density at radius 1 is 0.733 bits per heavy atom. The van der Waals surface area contributed by atoms with Crippen molar-refractivity contribution in [3.05, 3.63) is 94.8 Å². The number of methoxy groups -OCH3 is 2. The zero-order chi connectivity index (χ0) is 21.3. The van der Waals surface area contributed by atoms with Crippen molar-refractivity contribution in [2.75, 3.05) is 14.2 Å². The van der Waals surface area contributed by atoms with Gasteiger partial charge in [-0.25, -0.2) is 9.97 Å². The summed E-state index contributed by atoms with van der Waals surface area (Å²) in [5.74, 6) is 2.50. The molecule has 0 fully saturated rings. The van der Waals surface area contributed by atoms with Crippen molar-refractivity contribution in [2.24, 2.45) is 0 Å². The Balaban J connectivity index is 0.000000806. The van der Waals surface area contributed by atoms with E-state index in [-0.39, 0.29) is 0 Å². The number of rotatable bonds is 5. The Morgan fingerprint density at radius 2 is 1.23 bits per heavy atom. The van der Waals surface area contributed by atoms with Gasteiger partial charge in [0.2, 0.25) is 0 Å². The van der Waals surface area contributed by atoms with E-state index in [0.29, 0.717) is 0 Å². The second-order valence-corrected chi connectivity index (χ2v) is 6.23. The lowest BCUT2D eigenvalue weighted by atomic mass is 10.0. The lowest BCUT2D eigenvalue weighted by Gasteiger charge is -2.05. The highest BCUT2D eigenvalue weighted by Crippen LogP contribution is 2.36. The first-order chi connectivity index (χ1) is 14.7. The van der Waals surface area contributed by atoms with Crippen molar-refractivity contribution in [2.45, 2.75) is 0 Å². The molecule has 0 aliphatic heterocycles. The number of imidazole rings is 1. The second kappa shape index (κ2) is 9.82. The molecular formula is C23H21N5O2. The third-order valence-electron chi connectivity index (χ3n) is 4.57. The summed E-state index contributed by atoms with van der Waals surface area (Å²) in [5.41, 5.74) is 18.5. The van der Waals surface area contributed by atoms with Gasteiger partial charge in [-0.2, -0.15) is 0 Å². The van der Waals surface area contributed by atoms with Gasteiger partial charge in [-0.05, 0) is 24.3 Å². The molecule has 7 heteroatoms. The van der Waals surface area contributed by atoms with Crippen molar-refractivity contribution in [1.29, 1.82) is 0 Å². The number of nitrogens with one attached hydrogen (secondary N) is 2. The monoisotopic (exact) mass is 399 g/mol. The first kappa shape index (κ1) is 20.5. The molecule has 4 rings (SSSR count). The van der Waals surface area contributed by atoms with Gasteiger partial charge in [-0.1, -0.05) is 54.6 Å². The maximum absolute atomic E-state index is 6.75. The highest BCUT2D eigenvalue weighted by Gasteiger charge is 2.25. The van der Waals surface area contributed by atoms with Crippen LogP contribution in [0.15, 0.2) is 78.9 Å². The summed E-state index contributed by atoms with van der Waals surface area (Å²) in [6.45, 7) is 0. The molecule has 150 valence electrons. The topological polar surface area (TPSA) is 107 Å². The molecule has 30 heavy (non-hydrogen) atoms. The Hall–Kier alpha value is -4.22. The van der Waals surface area contributed by atoms with Crippen LogP contribution in [0.4, 0.5) is 0 Å². The highest BCUT2D eigenvalue weighted by atomic mass is 16.5. The van der Waals surface area contributed by atoms with Crippen LogP contribution < -0.4 is 14.5 Å². The van der Waals surface area contributed by atoms with Crippen LogP contribution in [-0.4, -0.2) is 19.2 Å². The molecule has 0 saturated carbocycles. The molecule has 2 N–H and O–H groups in total. The van der Waals surface area contributed by atoms with Crippen LogP contribution >= 0.6 is 0 Å². The first-order valence-electron chi connectivity index (χ1n) is 9.19. The molecular weight excluding hydrogens is 378 g/mol. The standard InChI is InChI=1S/C23H20N2O2.N3/c1-26-19-14-8-6-12-17(19)22-21(16-10-4-3-5-11-16)24-23(25-22)18-13-7-9-15-20(18)27-2;1-3-2/h3-15H,1-2H3,(H,24,25);/q;-1/p+1. The molecule has 1 aromatic heterocycles. The van der Waals surface area contributed by atoms with Crippen LogP contribution in [0.2, 0.25) is 0 Å². The van der Waals surface area contributed by atoms with E-state index in [2.05, 4.69) is 28.2 Å². The Labute approximate surface area is 174 Å². The van der Waals surface area contributed by atoms with Crippen LogP contribution in [0.5, 0.6) is 11.5 Å². The minimum absolute atomic E-state index is 0.807. The molecule has 0 spiro atoms. The highest BCUT2D eigenvalue weighted by molar-refractivity contribution is 5.81. The lowest BCUT2D eigenvalue weighted by Crippen LogP contribution is -2.06. The average Bonchev–Trinajstić information content (AvgIpc) is 3.25. The quantitative estimate of drug-likeness (QED) is 0.263. The summed E-state index contributed by atoms with van der Waals surface area (Å²) < 4.78 is 11.1. The molecule has 7 nitrogen and oxygen atoms in total. The zero-order valence-electron chi connectivity index (χ0n) is 16.7. The third kappa shape index (κ3) is 4.27. The molecule has 0 unspecified atom stereocenters.